The summed E-state index contributed by atoms with van der Waals surface area (Å²) in [6.45, 7) is 2.06. The largest absolute Gasteiger partial charge is 0.507 e. The van der Waals surface area contributed by atoms with E-state index in [0.29, 0.717) is 5.75 Å². The quantitative estimate of drug-likeness (QED) is 0.569. The average molecular weight is 197 g/mol. The Balaban J connectivity index is 2.67. The van der Waals surface area contributed by atoms with E-state index in [9.17, 15) is 5.11 Å². The zero-order chi connectivity index (χ0) is 10.4. The molecule has 0 radical (unpaired) electrons. The van der Waals surface area contributed by atoms with Crippen LogP contribution >= 0.6 is 0 Å². The molecule has 0 saturated heterocycles. The number of aromatic amines is 1. The lowest BCUT2D eigenvalue weighted by atomic mass is 10.1. The first-order chi connectivity index (χ1) is 7.27. The van der Waals surface area contributed by atoms with Crippen LogP contribution in [0.25, 0.3) is 21.8 Å². The number of rotatable bonds is 0. The topological polar surface area (TPSA) is 36.0 Å². The summed E-state index contributed by atoms with van der Waals surface area (Å²) in [7, 11) is 0. The molecule has 2 nitrogen and oxygen atoms in total. The standard InChI is InChI=1S/C13H11NO/c1-8-4-2-5-9-12(8)13-10(14-9)6-3-7-11(13)15/h2-7,14-15H,1H3. The zero-order valence-electron chi connectivity index (χ0n) is 8.41. The van der Waals surface area contributed by atoms with Gasteiger partial charge < -0.3 is 10.1 Å². The normalized spacial score (nSPS) is 11.3. The van der Waals surface area contributed by atoms with Gasteiger partial charge in [0.15, 0.2) is 0 Å². The van der Waals surface area contributed by atoms with E-state index >= 15 is 0 Å². The number of hydrogen-bond donors (Lipinski definition) is 2. The molecular weight excluding hydrogens is 186 g/mol. The van der Waals surface area contributed by atoms with Gasteiger partial charge in [0.05, 0.1) is 5.52 Å². The van der Waals surface area contributed by atoms with Crippen LogP contribution in [0.1, 0.15) is 5.56 Å². The monoisotopic (exact) mass is 197 g/mol. The van der Waals surface area contributed by atoms with Crippen molar-refractivity contribution in [2.24, 2.45) is 0 Å². The number of phenols is 1. The van der Waals surface area contributed by atoms with E-state index in [1.807, 2.05) is 24.3 Å². The van der Waals surface area contributed by atoms with Crippen molar-refractivity contribution in [3.63, 3.8) is 0 Å². The maximum absolute atomic E-state index is 9.86. The third-order valence-corrected chi connectivity index (χ3v) is 2.83. The van der Waals surface area contributed by atoms with Crippen molar-refractivity contribution in [3.05, 3.63) is 42.0 Å². The molecule has 2 aromatic carbocycles. The highest BCUT2D eigenvalue weighted by atomic mass is 16.3. The van der Waals surface area contributed by atoms with Gasteiger partial charge in [-0.3, -0.25) is 0 Å². The Labute approximate surface area is 87.2 Å². The fourth-order valence-corrected chi connectivity index (χ4v) is 2.16. The van der Waals surface area contributed by atoms with Crippen molar-refractivity contribution in [2.45, 2.75) is 6.92 Å². The van der Waals surface area contributed by atoms with Crippen LogP contribution in [-0.2, 0) is 0 Å². The van der Waals surface area contributed by atoms with E-state index < -0.39 is 0 Å². The number of H-pyrrole nitrogens is 1. The molecule has 0 spiro atoms. The third-order valence-electron chi connectivity index (χ3n) is 2.83. The summed E-state index contributed by atoms with van der Waals surface area (Å²) in [6.07, 6.45) is 0. The number of aryl methyl sites for hydroxylation is 1. The molecule has 2 N–H and O–H groups in total. The fraction of sp³-hybridized carbons (Fsp3) is 0.0769. The molecule has 0 amide bonds. The van der Waals surface area contributed by atoms with Gasteiger partial charge in [0, 0.05) is 16.3 Å². The summed E-state index contributed by atoms with van der Waals surface area (Å²) >= 11 is 0. The van der Waals surface area contributed by atoms with Gasteiger partial charge in [0.25, 0.3) is 0 Å². The van der Waals surface area contributed by atoms with E-state index in [0.717, 1.165) is 21.8 Å². The van der Waals surface area contributed by atoms with Crippen molar-refractivity contribution >= 4 is 21.8 Å². The molecule has 0 atom stereocenters. The summed E-state index contributed by atoms with van der Waals surface area (Å²) in [5, 5.41) is 11.9. The SMILES string of the molecule is Cc1cccc2[nH]c3cccc(O)c3c12. The summed E-state index contributed by atoms with van der Waals surface area (Å²) < 4.78 is 0. The highest BCUT2D eigenvalue weighted by molar-refractivity contribution is 6.11. The smallest absolute Gasteiger partial charge is 0.125 e. The molecule has 0 saturated carbocycles. The van der Waals surface area contributed by atoms with Gasteiger partial charge in [-0.15, -0.1) is 0 Å². The fourth-order valence-electron chi connectivity index (χ4n) is 2.16. The Kier molecular flexibility index (Phi) is 1.54. The van der Waals surface area contributed by atoms with Crippen molar-refractivity contribution in [3.8, 4) is 5.75 Å². The Bertz CT molecular complexity index is 596. The van der Waals surface area contributed by atoms with Crippen molar-refractivity contribution in [1.29, 1.82) is 0 Å². The third kappa shape index (κ3) is 1.05. The predicted molar refractivity (Wildman–Crippen MR) is 62.2 cm³/mol. The number of nitrogens with one attached hydrogen (secondary N) is 1. The lowest BCUT2D eigenvalue weighted by Crippen LogP contribution is -1.73. The molecular formula is C13H11NO. The molecule has 74 valence electrons. The van der Waals surface area contributed by atoms with E-state index in [2.05, 4.69) is 18.0 Å². The lowest BCUT2D eigenvalue weighted by Gasteiger charge is -1.98. The Hall–Kier alpha value is -1.96. The van der Waals surface area contributed by atoms with Crippen LogP contribution in [0.4, 0.5) is 0 Å². The van der Waals surface area contributed by atoms with Gasteiger partial charge >= 0.3 is 0 Å². The Morgan fingerprint density at radius 2 is 1.60 bits per heavy atom. The molecule has 0 aliphatic heterocycles. The van der Waals surface area contributed by atoms with Gasteiger partial charge in [-0.05, 0) is 30.7 Å². The van der Waals surface area contributed by atoms with E-state index in [-0.39, 0.29) is 0 Å². The maximum atomic E-state index is 9.86. The van der Waals surface area contributed by atoms with Crippen molar-refractivity contribution in [2.75, 3.05) is 0 Å². The maximum Gasteiger partial charge on any atom is 0.125 e. The molecule has 3 aromatic rings. The van der Waals surface area contributed by atoms with Crippen molar-refractivity contribution in [1.82, 2.24) is 4.98 Å². The Morgan fingerprint density at radius 3 is 2.40 bits per heavy atom. The van der Waals surface area contributed by atoms with Crippen LogP contribution in [0, 0.1) is 6.92 Å². The molecule has 2 heteroatoms. The van der Waals surface area contributed by atoms with E-state index in [1.165, 1.54) is 5.56 Å². The molecule has 0 unspecified atom stereocenters. The summed E-state index contributed by atoms with van der Waals surface area (Å²) in [6, 6.07) is 11.7. The minimum absolute atomic E-state index is 0.341. The number of aromatic hydroxyl groups is 1. The molecule has 15 heavy (non-hydrogen) atoms. The second-order valence-electron chi connectivity index (χ2n) is 3.82. The van der Waals surface area contributed by atoms with Crippen molar-refractivity contribution < 1.29 is 5.11 Å². The number of phenolic OH excluding ortho intramolecular Hbond substituents is 1. The van der Waals surface area contributed by atoms with E-state index in [4.69, 9.17) is 0 Å². The van der Waals surface area contributed by atoms with Gasteiger partial charge in [0.2, 0.25) is 0 Å². The lowest BCUT2D eigenvalue weighted by molar-refractivity contribution is 0.482. The van der Waals surface area contributed by atoms with Gasteiger partial charge in [-0.25, -0.2) is 0 Å². The minimum Gasteiger partial charge on any atom is -0.507 e. The first-order valence-electron chi connectivity index (χ1n) is 4.96. The molecule has 1 aromatic heterocycles. The minimum atomic E-state index is 0.341. The predicted octanol–water partition coefficient (Wildman–Crippen LogP) is 3.34. The van der Waals surface area contributed by atoms with Crippen LogP contribution in [0.2, 0.25) is 0 Å². The zero-order valence-corrected chi connectivity index (χ0v) is 8.41. The summed E-state index contributed by atoms with van der Waals surface area (Å²) in [5.74, 6) is 0.341. The van der Waals surface area contributed by atoms with Gasteiger partial charge in [-0.1, -0.05) is 18.2 Å². The molecule has 0 aliphatic carbocycles. The van der Waals surface area contributed by atoms with Crippen LogP contribution in [0.5, 0.6) is 5.75 Å². The molecule has 0 fully saturated rings. The first-order valence-corrected chi connectivity index (χ1v) is 4.96. The molecule has 1 heterocycles. The number of fused-ring (bicyclic) bond motifs is 3. The number of benzene rings is 2. The average Bonchev–Trinajstić information content (AvgIpc) is 2.58. The second-order valence-corrected chi connectivity index (χ2v) is 3.82. The Morgan fingerprint density at radius 1 is 0.933 bits per heavy atom. The van der Waals surface area contributed by atoms with Crippen LogP contribution in [0.3, 0.4) is 0 Å². The number of aromatic nitrogens is 1. The molecule has 3 rings (SSSR count). The van der Waals surface area contributed by atoms with Gasteiger partial charge in [0.1, 0.15) is 5.75 Å². The van der Waals surface area contributed by atoms with Gasteiger partial charge in [-0.2, -0.15) is 0 Å². The summed E-state index contributed by atoms with van der Waals surface area (Å²) in [5.41, 5.74) is 3.24. The first kappa shape index (κ1) is 8.36. The molecule has 0 aliphatic rings. The summed E-state index contributed by atoms with van der Waals surface area (Å²) in [4.78, 5) is 3.30. The highest BCUT2D eigenvalue weighted by Gasteiger charge is 2.08. The number of hydrogen-bond acceptors (Lipinski definition) is 1. The molecule has 0 bridgehead atoms. The highest BCUT2D eigenvalue weighted by Crippen LogP contribution is 2.33. The second kappa shape index (κ2) is 2.76. The van der Waals surface area contributed by atoms with Crippen LogP contribution in [-0.4, -0.2) is 10.1 Å². The van der Waals surface area contributed by atoms with Crippen LogP contribution in [0.15, 0.2) is 36.4 Å². The van der Waals surface area contributed by atoms with Crippen LogP contribution < -0.4 is 0 Å². The van der Waals surface area contributed by atoms with E-state index in [1.54, 1.807) is 6.07 Å².